The Morgan fingerprint density at radius 2 is 1.53 bits per heavy atom. The highest BCUT2D eigenvalue weighted by Crippen LogP contribution is 2.15. The Balaban J connectivity index is 2.03. The average molecular weight is 232 g/mol. The van der Waals surface area contributed by atoms with Gasteiger partial charge in [0.05, 0.1) is 5.71 Å². The van der Waals surface area contributed by atoms with Gasteiger partial charge in [-0.2, -0.15) is 15.1 Å². The lowest BCUT2D eigenvalue weighted by Gasteiger charge is -2.10. The molecule has 17 heavy (non-hydrogen) atoms. The zero-order chi connectivity index (χ0) is 12.1. The molecule has 2 aliphatic rings. The summed E-state index contributed by atoms with van der Waals surface area (Å²) in [4.78, 5) is -0.420. The van der Waals surface area contributed by atoms with Crippen molar-refractivity contribution >= 4 is 17.1 Å². The molecule has 0 N–H and O–H groups in total. The van der Waals surface area contributed by atoms with Gasteiger partial charge < -0.3 is 10.4 Å². The van der Waals surface area contributed by atoms with Crippen molar-refractivity contribution in [3.05, 3.63) is 34.7 Å². The van der Waals surface area contributed by atoms with Gasteiger partial charge in [0.1, 0.15) is 0 Å². The molecule has 1 fully saturated rings. The maximum atomic E-state index is 10.5. The zero-order valence-electron chi connectivity index (χ0n) is 9.50. The first-order valence-corrected chi connectivity index (χ1v) is 5.76. The fourth-order valence-electron chi connectivity index (χ4n) is 1.83. The molecule has 2 rings (SSSR count). The molecule has 1 saturated carbocycles. The normalized spacial score (nSPS) is 19.4. The number of rotatable bonds is 1. The fraction of sp³-hybridized carbons (Fsp3) is 0.417. The Hall–Kier alpha value is -1.91. The van der Waals surface area contributed by atoms with E-state index in [0.717, 1.165) is 18.6 Å². The second kappa shape index (κ2) is 5.43. The minimum absolute atomic E-state index is 0.0780. The molecule has 0 aromatic carbocycles. The third-order valence-corrected chi connectivity index (χ3v) is 2.80. The molecular weight excluding hydrogens is 218 g/mol. The van der Waals surface area contributed by atoms with Crippen molar-refractivity contribution < 1.29 is 4.90 Å². The van der Waals surface area contributed by atoms with E-state index >= 15 is 0 Å². The maximum Gasteiger partial charge on any atom is 0.222 e. The van der Waals surface area contributed by atoms with Gasteiger partial charge in [-0.05, 0) is 37.8 Å². The molecule has 0 saturated heterocycles. The van der Waals surface area contributed by atoms with Crippen LogP contribution in [0, 0.1) is 10.4 Å². The summed E-state index contributed by atoms with van der Waals surface area (Å²) in [7, 11) is 0. The fourth-order valence-corrected chi connectivity index (χ4v) is 1.83. The van der Waals surface area contributed by atoms with Crippen molar-refractivity contribution in [2.24, 2.45) is 10.2 Å². The van der Waals surface area contributed by atoms with Crippen LogP contribution in [-0.4, -0.2) is 22.0 Å². The quantitative estimate of drug-likeness (QED) is 0.395. The summed E-state index contributed by atoms with van der Waals surface area (Å²) in [5.41, 5.74) is 1.87. The summed E-state index contributed by atoms with van der Waals surface area (Å²) in [5, 5.41) is 29.2. The lowest BCUT2D eigenvalue weighted by Crippen LogP contribution is -2.09. The van der Waals surface area contributed by atoms with Crippen molar-refractivity contribution in [1.29, 1.82) is 0 Å². The maximum absolute atomic E-state index is 10.5. The van der Waals surface area contributed by atoms with Gasteiger partial charge in [-0.1, -0.05) is 6.42 Å². The Bertz CT molecular complexity index is 415. The van der Waals surface area contributed by atoms with Crippen LogP contribution in [-0.2, 0) is 0 Å². The smallest absolute Gasteiger partial charge is 0.222 e. The van der Waals surface area contributed by atoms with E-state index in [1.165, 1.54) is 31.4 Å². The van der Waals surface area contributed by atoms with E-state index in [-0.39, 0.29) is 5.71 Å². The van der Waals surface area contributed by atoms with Gasteiger partial charge in [0.2, 0.25) is 5.71 Å². The summed E-state index contributed by atoms with van der Waals surface area (Å²) in [6.45, 7) is 0. The molecule has 0 unspecified atom stereocenters. The summed E-state index contributed by atoms with van der Waals surface area (Å²) in [6, 6.07) is 0. The van der Waals surface area contributed by atoms with E-state index in [9.17, 15) is 10.4 Å². The number of hydrogen-bond donors (Lipinski definition) is 0. The molecule has 0 heterocycles. The van der Waals surface area contributed by atoms with Crippen molar-refractivity contribution in [2.45, 2.75) is 32.1 Å². The molecule has 0 spiro atoms. The van der Waals surface area contributed by atoms with Crippen LogP contribution in [0.15, 0.2) is 34.5 Å². The lowest BCUT2D eigenvalue weighted by molar-refractivity contribution is -0.377. The SMILES string of the molecule is [O-][N+]([O-])=C1C=CC(=NN=C2CCCCC2)C=C1. The molecule has 0 aromatic rings. The molecule has 0 radical (unpaired) electrons. The van der Waals surface area contributed by atoms with E-state index < -0.39 is 4.90 Å². The van der Waals surface area contributed by atoms with Crippen LogP contribution in [0.5, 0.6) is 0 Å². The molecule has 0 aliphatic heterocycles. The molecule has 0 bridgehead atoms. The van der Waals surface area contributed by atoms with Crippen LogP contribution in [0.2, 0.25) is 0 Å². The largest absolute Gasteiger partial charge is 0.612 e. The first-order valence-electron chi connectivity index (χ1n) is 5.76. The third kappa shape index (κ3) is 3.27. The Morgan fingerprint density at radius 1 is 0.882 bits per heavy atom. The van der Waals surface area contributed by atoms with Gasteiger partial charge in [0.25, 0.3) is 0 Å². The number of allylic oxidation sites excluding steroid dienone is 4. The monoisotopic (exact) mass is 232 g/mol. The van der Waals surface area contributed by atoms with Gasteiger partial charge in [-0.25, -0.2) is 0 Å². The summed E-state index contributed by atoms with van der Waals surface area (Å²) in [6.07, 6.45) is 11.8. The molecule has 0 atom stereocenters. The van der Waals surface area contributed by atoms with Crippen LogP contribution in [0.1, 0.15) is 32.1 Å². The second-order valence-electron chi connectivity index (χ2n) is 4.10. The van der Waals surface area contributed by atoms with Crippen LogP contribution < -0.4 is 0 Å². The summed E-state index contributed by atoms with van der Waals surface area (Å²) < 4.78 is 0. The van der Waals surface area contributed by atoms with Crippen molar-refractivity contribution in [1.82, 2.24) is 0 Å². The van der Waals surface area contributed by atoms with E-state index in [2.05, 4.69) is 10.2 Å². The average Bonchev–Trinajstić information content (AvgIpc) is 2.38. The van der Waals surface area contributed by atoms with Crippen molar-refractivity contribution in [3.63, 3.8) is 0 Å². The summed E-state index contributed by atoms with van der Waals surface area (Å²) in [5.74, 6) is 0. The van der Waals surface area contributed by atoms with Crippen molar-refractivity contribution in [2.75, 3.05) is 0 Å². The van der Waals surface area contributed by atoms with Crippen LogP contribution in [0.25, 0.3) is 0 Å². The Morgan fingerprint density at radius 3 is 2.12 bits per heavy atom. The molecule has 0 amide bonds. The highest BCUT2D eigenvalue weighted by Gasteiger charge is 2.07. The third-order valence-electron chi connectivity index (χ3n) is 2.80. The zero-order valence-corrected chi connectivity index (χ0v) is 9.50. The standard InChI is InChI=1S/C12H14N3O2/c16-15(17)12-8-6-11(7-9-12)14-13-10-4-2-1-3-5-10/h6-9H,1-5H2/q-1. The minimum atomic E-state index is -0.420. The van der Waals surface area contributed by atoms with Gasteiger partial charge >= 0.3 is 0 Å². The second-order valence-corrected chi connectivity index (χ2v) is 4.10. The van der Waals surface area contributed by atoms with Crippen molar-refractivity contribution in [3.8, 4) is 0 Å². The van der Waals surface area contributed by atoms with Crippen LogP contribution in [0.4, 0.5) is 0 Å². The van der Waals surface area contributed by atoms with Gasteiger partial charge in [-0.3, -0.25) is 0 Å². The molecular formula is C12H14N3O2-. The number of hydrogen-bond acceptors (Lipinski definition) is 4. The number of nitrogens with zero attached hydrogens (tertiary/aromatic N) is 3. The van der Waals surface area contributed by atoms with E-state index in [1.54, 1.807) is 12.2 Å². The summed E-state index contributed by atoms with van der Waals surface area (Å²) >= 11 is 0. The highest BCUT2D eigenvalue weighted by molar-refractivity contribution is 6.17. The highest BCUT2D eigenvalue weighted by atomic mass is 16.8. The van der Waals surface area contributed by atoms with Gasteiger partial charge in [0, 0.05) is 17.9 Å². The molecule has 90 valence electrons. The van der Waals surface area contributed by atoms with Crippen LogP contribution in [0.3, 0.4) is 0 Å². The molecule has 5 heteroatoms. The molecule has 2 aliphatic carbocycles. The Kier molecular flexibility index (Phi) is 3.69. The first kappa shape index (κ1) is 11.6. The van der Waals surface area contributed by atoms with Gasteiger partial charge in [-0.15, -0.1) is 0 Å². The predicted octanol–water partition coefficient (Wildman–Crippen LogP) is 2.32. The van der Waals surface area contributed by atoms with E-state index in [0.29, 0.717) is 5.71 Å². The van der Waals surface area contributed by atoms with E-state index in [4.69, 9.17) is 0 Å². The van der Waals surface area contributed by atoms with E-state index in [1.807, 2.05) is 0 Å². The lowest BCUT2D eigenvalue weighted by atomic mass is 9.99. The molecule has 0 aromatic heterocycles. The Labute approximate surface area is 99.7 Å². The van der Waals surface area contributed by atoms with Crippen LogP contribution >= 0.6 is 0 Å². The van der Waals surface area contributed by atoms with Gasteiger partial charge in [0.15, 0.2) is 0 Å². The predicted molar refractivity (Wildman–Crippen MR) is 68.2 cm³/mol. The topological polar surface area (TPSA) is 73.8 Å². The molecule has 5 nitrogen and oxygen atoms in total. The first-order chi connectivity index (χ1) is 8.25. The minimum Gasteiger partial charge on any atom is -0.612 e.